The van der Waals surface area contributed by atoms with Crippen LogP contribution in [-0.4, -0.2) is 38.0 Å². The van der Waals surface area contributed by atoms with E-state index >= 15 is 0 Å². The van der Waals surface area contributed by atoms with Gasteiger partial charge in [0.25, 0.3) is 5.91 Å². The summed E-state index contributed by atoms with van der Waals surface area (Å²) in [4.78, 5) is 14.9. The van der Waals surface area contributed by atoms with Crippen LogP contribution in [0, 0.1) is 0 Å². The molecular weight excluding hydrogens is 320 g/mol. The molecule has 1 aromatic heterocycles. The van der Waals surface area contributed by atoms with E-state index in [4.69, 9.17) is 4.74 Å². The Labute approximate surface area is 147 Å². The molecule has 4 nitrogen and oxygen atoms in total. The van der Waals surface area contributed by atoms with Crippen LogP contribution in [0.4, 0.5) is 0 Å². The van der Waals surface area contributed by atoms with Crippen LogP contribution in [-0.2, 0) is 19.4 Å². The molecule has 5 heteroatoms. The van der Waals surface area contributed by atoms with Crippen LogP contribution in [0.3, 0.4) is 0 Å². The Hall–Kier alpha value is -1.85. The minimum atomic E-state index is -0.00868. The van der Waals surface area contributed by atoms with Crippen molar-refractivity contribution in [2.24, 2.45) is 0 Å². The molecule has 1 aliphatic rings. The Balaban J connectivity index is 1.51. The SMILES string of the molecule is CN(C)CCNC(=O)c1cc(COc2ccc3c(c2)CCC3)cs1. The molecule has 1 amide bonds. The highest BCUT2D eigenvalue weighted by Crippen LogP contribution is 2.26. The van der Waals surface area contributed by atoms with E-state index in [0.29, 0.717) is 13.2 Å². The van der Waals surface area contributed by atoms with E-state index in [9.17, 15) is 4.79 Å². The van der Waals surface area contributed by atoms with Gasteiger partial charge in [0, 0.05) is 18.7 Å². The second-order valence-electron chi connectivity index (χ2n) is 6.45. The lowest BCUT2D eigenvalue weighted by Crippen LogP contribution is -2.30. The molecule has 128 valence electrons. The summed E-state index contributed by atoms with van der Waals surface area (Å²) in [6.07, 6.45) is 3.59. The third kappa shape index (κ3) is 4.36. The molecule has 1 aromatic carbocycles. The van der Waals surface area contributed by atoms with E-state index in [1.807, 2.05) is 36.5 Å². The summed E-state index contributed by atoms with van der Waals surface area (Å²) in [5.41, 5.74) is 3.91. The molecule has 0 fully saturated rings. The van der Waals surface area contributed by atoms with Gasteiger partial charge in [0.2, 0.25) is 0 Å². The van der Waals surface area contributed by atoms with Gasteiger partial charge < -0.3 is 15.0 Å². The number of ether oxygens (including phenoxy) is 1. The maximum absolute atomic E-state index is 12.1. The van der Waals surface area contributed by atoms with E-state index in [2.05, 4.69) is 17.4 Å². The first-order chi connectivity index (χ1) is 11.6. The standard InChI is InChI=1S/C19H24N2O2S/c1-21(2)9-8-20-19(22)18-10-14(13-24-18)12-23-17-7-6-15-4-3-5-16(15)11-17/h6-7,10-11,13H,3-5,8-9,12H2,1-2H3,(H,20,22). The topological polar surface area (TPSA) is 41.6 Å². The first-order valence-electron chi connectivity index (χ1n) is 8.37. The summed E-state index contributed by atoms with van der Waals surface area (Å²) < 4.78 is 5.89. The molecule has 3 rings (SSSR count). The van der Waals surface area contributed by atoms with E-state index < -0.39 is 0 Å². The summed E-state index contributed by atoms with van der Waals surface area (Å²) in [7, 11) is 3.98. The zero-order valence-electron chi connectivity index (χ0n) is 14.3. The van der Waals surface area contributed by atoms with Crippen molar-refractivity contribution in [3.63, 3.8) is 0 Å². The molecule has 0 bridgehead atoms. The first-order valence-corrected chi connectivity index (χ1v) is 9.25. The number of nitrogens with zero attached hydrogens (tertiary/aromatic N) is 1. The Morgan fingerprint density at radius 3 is 2.92 bits per heavy atom. The smallest absolute Gasteiger partial charge is 0.261 e. The largest absolute Gasteiger partial charge is 0.489 e. The summed E-state index contributed by atoms with van der Waals surface area (Å²) in [5.74, 6) is 0.907. The van der Waals surface area contributed by atoms with Gasteiger partial charge in [-0.05, 0) is 68.1 Å². The van der Waals surface area contributed by atoms with Crippen LogP contribution >= 0.6 is 11.3 Å². The quantitative estimate of drug-likeness (QED) is 0.839. The Bertz CT molecular complexity index is 709. The number of fused-ring (bicyclic) bond motifs is 1. The number of thiophene rings is 1. The predicted molar refractivity (Wildman–Crippen MR) is 98.0 cm³/mol. The summed E-state index contributed by atoms with van der Waals surface area (Å²) in [5, 5.41) is 4.93. The lowest BCUT2D eigenvalue weighted by atomic mass is 10.1. The van der Waals surface area contributed by atoms with Gasteiger partial charge in [-0.1, -0.05) is 6.07 Å². The number of benzene rings is 1. The number of hydrogen-bond donors (Lipinski definition) is 1. The Morgan fingerprint density at radius 2 is 2.08 bits per heavy atom. The van der Waals surface area contributed by atoms with E-state index in [0.717, 1.165) is 29.2 Å². The predicted octanol–water partition coefficient (Wildman–Crippen LogP) is 3.11. The van der Waals surface area contributed by atoms with E-state index in [1.54, 1.807) is 0 Å². The van der Waals surface area contributed by atoms with Crippen molar-refractivity contribution in [2.75, 3.05) is 27.2 Å². The number of likely N-dealkylation sites (N-methyl/N-ethyl adjacent to an activating group) is 1. The third-order valence-electron chi connectivity index (χ3n) is 4.20. The zero-order valence-corrected chi connectivity index (χ0v) is 15.1. The van der Waals surface area contributed by atoms with Crippen molar-refractivity contribution in [3.05, 3.63) is 51.2 Å². The number of carbonyl (C=O) groups is 1. The van der Waals surface area contributed by atoms with Crippen molar-refractivity contribution >= 4 is 17.2 Å². The minimum absolute atomic E-state index is 0.00868. The third-order valence-corrected chi connectivity index (χ3v) is 5.18. The van der Waals surface area contributed by atoms with Crippen LogP contribution in [0.5, 0.6) is 5.75 Å². The highest BCUT2D eigenvalue weighted by Gasteiger charge is 2.12. The fraction of sp³-hybridized carbons (Fsp3) is 0.421. The molecule has 0 atom stereocenters. The molecule has 0 radical (unpaired) electrons. The van der Waals surface area contributed by atoms with E-state index in [1.165, 1.54) is 35.3 Å². The molecule has 0 spiro atoms. The number of carbonyl (C=O) groups excluding carboxylic acids is 1. The van der Waals surface area contributed by atoms with Crippen molar-refractivity contribution in [2.45, 2.75) is 25.9 Å². The monoisotopic (exact) mass is 344 g/mol. The van der Waals surface area contributed by atoms with Gasteiger partial charge >= 0.3 is 0 Å². The zero-order chi connectivity index (χ0) is 16.9. The Kier molecular flexibility index (Phi) is 5.53. The number of rotatable bonds is 7. The van der Waals surface area contributed by atoms with Crippen molar-refractivity contribution in [1.29, 1.82) is 0 Å². The maximum Gasteiger partial charge on any atom is 0.261 e. The molecule has 24 heavy (non-hydrogen) atoms. The molecule has 1 heterocycles. The minimum Gasteiger partial charge on any atom is -0.489 e. The van der Waals surface area contributed by atoms with Crippen LogP contribution in [0.25, 0.3) is 0 Å². The van der Waals surface area contributed by atoms with Gasteiger partial charge in [-0.3, -0.25) is 4.79 Å². The van der Waals surface area contributed by atoms with Gasteiger partial charge in [0.15, 0.2) is 0 Å². The molecule has 0 saturated heterocycles. The van der Waals surface area contributed by atoms with Gasteiger partial charge in [-0.2, -0.15) is 0 Å². The molecule has 0 aliphatic heterocycles. The number of amides is 1. The van der Waals surface area contributed by atoms with Crippen molar-refractivity contribution < 1.29 is 9.53 Å². The van der Waals surface area contributed by atoms with E-state index in [-0.39, 0.29) is 5.91 Å². The number of nitrogens with one attached hydrogen (secondary N) is 1. The van der Waals surface area contributed by atoms with Crippen LogP contribution in [0.1, 0.15) is 32.8 Å². The van der Waals surface area contributed by atoms with Crippen molar-refractivity contribution in [1.82, 2.24) is 10.2 Å². The molecule has 1 N–H and O–H groups in total. The second kappa shape index (κ2) is 7.81. The van der Waals surface area contributed by atoms with Crippen LogP contribution < -0.4 is 10.1 Å². The molecule has 2 aromatic rings. The Morgan fingerprint density at radius 1 is 1.25 bits per heavy atom. The lowest BCUT2D eigenvalue weighted by molar-refractivity contribution is 0.0955. The highest BCUT2D eigenvalue weighted by atomic mass is 32.1. The fourth-order valence-electron chi connectivity index (χ4n) is 2.86. The second-order valence-corrected chi connectivity index (χ2v) is 7.36. The molecule has 0 saturated carbocycles. The average Bonchev–Trinajstić information content (AvgIpc) is 3.21. The molecule has 0 unspecified atom stereocenters. The first kappa shape index (κ1) is 17.0. The summed E-state index contributed by atoms with van der Waals surface area (Å²) in [6.45, 7) is 2.00. The van der Waals surface area contributed by atoms with Crippen LogP contribution in [0.2, 0.25) is 0 Å². The summed E-state index contributed by atoms with van der Waals surface area (Å²) >= 11 is 1.47. The van der Waals surface area contributed by atoms with Gasteiger partial charge in [-0.15, -0.1) is 11.3 Å². The number of hydrogen-bond acceptors (Lipinski definition) is 4. The molecule has 1 aliphatic carbocycles. The average molecular weight is 344 g/mol. The van der Waals surface area contributed by atoms with Gasteiger partial charge in [0.05, 0.1) is 4.88 Å². The van der Waals surface area contributed by atoms with Crippen LogP contribution in [0.15, 0.2) is 29.6 Å². The normalized spacial score (nSPS) is 13.1. The number of aryl methyl sites for hydroxylation is 2. The fourth-order valence-corrected chi connectivity index (χ4v) is 3.67. The maximum atomic E-state index is 12.1. The van der Waals surface area contributed by atoms with Crippen molar-refractivity contribution in [3.8, 4) is 5.75 Å². The van der Waals surface area contributed by atoms with Gasteiger partial charge in [0.1, 0.15) is 12.4 Å². The summed E-state index contributed by atoms with van der Waals surface area (Å²) in [6, 6.07) is 8.30. The lowest BCUT2D eigenvalue weighted by Gasteiger charge is -2.09. The van der Waals surface area contributed by atoms with Gasteiger partial charge in [-0.25, -0.2) is 0 Å². The molecular formula is C19H24N2O2S. The highest BCUT2D eigenvalue weighted by molar-refractivity contribution is 7.12.